The number of benzene rings is 1. The Kier molecular flexibility index (Phi) is 9.35. The number of nitrogens with zero attached hydrogens (tertiary/aromatic N) is 5. The van der Waals surface area contributed by atoms with E-state index in [1.807, 2.05) is 12.1 Å². The van der Waals surface area contributed by atoms with Crippen molar-refractivity contribution in [2.75, 3.05) is 38.7 Å². The maximum atomic E-state index is 12.8. The summed E-state index contributed by atoms with van der Waals surface area (Å²) in [7, 11) is 0. The smallest absolute Gasteiger partial charge is 0.407 e. The van der Waals surface area contributed by atoms with Gasteiger partial charge in [0.1, 0.15) is 6.33 Å². The van der Waals surface area contributed by atoms with E-state index in [0.29, 0.717) is 73.5 Å². The first-order chi connectivity index (χ1) is 19.8. The van der Waals surface area contributed by atoms with Crippen molar-refractivity contribution in [2.45, 2.75) is 55.3 Å². The number of alkyl carbamates (subject to hydrolysis) is 1. The standard InChI is InChI=1S/C26H33BrN8O5S/c1-15(40-26(37)30-7-2-6-28)24(36)34-8-3-16(4-9-34)5-10-35-23-21(22(29)31-13-32-23)33-25(35)41-20-12-19-18(11-17(20)27)38-14-39-19/h11-13,15-16H,2-10,14,28H2,1H3,(H,30,37)(H2,29,31,32)/t15-/m0/s1. The lowest BCUT2D eigenvalue weighted by atomic mass is 9.93. The third kappa shape index (κ3) is 6.79. The minimum Gasteiger partial charge on any atom is -0.454 e. The van der Waals surface area contributed by atoms with Gasteiger partial charge in [0.25, 0.3) is 5.91 Å². The third-order valence-corrected chi connectivity index (χ3v) is 9.09. The highest BCUT2D eigenvalue weighted by atomic mass is 79.9. The number of rotatable bonds is 10. The number of imidazole rings is 1. The van der Waals surface area contributed by atoms with Gasteiger partial charge in [-0.2, -0.15) is 0 Å². The Labute approximate surface area is 249 Å². The molecule has 3 aromatic rings. The Morgan fingerprint density at radius 1 is 1.24 bits per heavy atom. The first kappa shape index (κ1) is 29.2. The molecule has 0 saturated carbocycles. The maximum Gasteiger partial charge on any atom is 0.407 e. The van der Waals surface area contributed by atoms with E-state index in [4.69, 9.17) is 30.7 Å². The van der Waals surface area contributed by atoms with Crippen LogP contribution < -0.4 is 26.3 Å². The number of hydrogen-bond acceptors (Lipinski definition) is 11. The molecule has 0 spiro atoms. The van der Waals surface area contributed by atoms with E-state index >= 15 is 0 Å². The van der Waals surface area contributed by atoms with Crippen molar-refractivity contribution in [3.8, 4) is 11.5 Å². The fourth-order valence-electron chi connectivity index (χ4n) is 4.84. The number of fused-ring (bicyclic) bond motifs is 2. The molecule has 5 rings (SSSR count). The number of piperidine rings is 1. The van der Waals surface area contributed by atoms with Crippen molar-refractivity contribution in [2.24, 2.45) is 11.7 Å². The highest BCUT2D eigenvalue weighted by Crippen LogP contribution is 2.43. The predicted molar refractivity (Wildman–Crippen MR) is 156 cm³/mol. The maximum absolute atomic E-state index is 12.8. The number of nitrogen functional groups attached to an aromatic ring is 1. The second kappa shape index (κ2) is 13.1. The number of likely N-dealkylation sites (tertiary alicyclic amines) is 1. The molecule has 0 radical (unpaired) electrons. The van der Waals surface area contributed by atoms with Crippen LogP contribution in [0.1, 0.15) is 32.6 Å². The lowest BCUT2D eigenvalue weighted by Gasteiger charge is -2.33. The number of carbonyl (C=O) groups excluding carboxylic acids is 2. The number of nitrogens with one attached hydrogen (secondary N) is 1. The van der Waals surface area contributed by atoms with Gasteiger partial charge in [-0.15, -0.1) is 0 Å². The zero-order valence-corrected chi connectivity index (χ0v) is 25.1. The van der Waals surface area contributed by atoms with E-state index in [0.717, 1.165) is 33.8 Å². The van der Waals surface area contributed by atoms with Crippen molar-refractivity contribution < 1.29 is 23.8 Å². The molecule has 2 amide bonds. The lowest BCUT2D eigenvalue weighted by molar-refractivity contribution is -0.140. The van der Waals surface area contributed by atoms with E-state index in [1.165, 1.54) is 18.1 Å². The van der Waals surface area contributed by atoms with Gasteiger partial charge in [-0.05, 0) is 73.1 Å². The fraction of sp³-hybridized carbons (Fsp3) is 0.500. The largest absolute Gasteiger partial charge is 0.454 e. The van der Waals surface area contributed by atoms with Crippen LogP contribution in [-0.4, -0.2) is 75.5 Å². The summed E-state index contributed by atoms with van der Waals surface area (Å²) in [6.07, 6.45) is 3.23. The van der Waals surface area contributed by atoms with E-state index in [9.17, 15) is 9.59 Å². The molecule has 13 nitrogen and oxygen atoms in total. The summed E-state index contributed by atoms with van der Waals surface area (Å²) < 4.78 is 19.2. The van der Waals surface area contributed by atoms with E-state index in [2.05, 4.69) is 35.8 Å². The molecule has 1 fully saturated rings. The van der Waals surface area contributed by atoms with Crippen LogP contribution in [0.15, 0.2) is 33.0 Å². The van der Waals surface area contributed by atoms with Crippen molar-refractivity contribution in [1.82, 2.24) is 29.7 Å². The van der Waals surface area contributed by atoms with Gasteiger partial charge in [-0.3, -0.25) is 4.79 Å². The molecule has 2 aliphatic heterocycles. The van der Waals surface area contributed by atoms with Crippen LogP contribution in [0.3, 0.4) is 0 Å². The van der Waals surface area contributed by atoms with E-state index in [1.54, 1.807) is 11.8 Å². The summed E-state index contributed by atoms with van der Waals surface area (Å²) in [5.41, 5.74) is 12.8. The van der Waals surface area contributed by atoms with E-state index < -0.39 is 12.2 Å². The van der Waals surface area contributed by atoms with Crippen LogP contribution in [0, 0.1) is 5.92 Å². The molecule has 41 heavy (non-hydrogen) atoms. The zero-order chi connectivity index (χ0) is 28.9. The third-order valence-electron chi connectivity index (χ3n) is 7.12. The Bertz CT molecular complexity index is 1410. The van der Waals surface area contributed by atoms with Gasteiger partial charge in [-0.25, -0.2) is 19.7 Å². The van der Waals surface area contributed by atoms with Crippen LogP contribution in [0.5, 0.6) is 11.5 Å². The highest BCUT2D eigenvalue weighted by Gasteiger charge is 2.28. The lowest BCUT2D eigenvalue weighted by Crippen LogP contribution is -2.45. The average Bonchev–Trinajstić information content (AvgIpc) is 3.56. The molecule has 2 aromatic heterocycles. The predicted octanol–water partition coefficient (Wildman–Crippen LogP) is 3.14. The number of ether oxygens (including phenoxy) is 3. The molecule has 1 atom stereocenters. The molecule has 220 valence electrons. The van der Waals surface area contributed by atoms with Gasteiger partial charge in [0.05, 0.1) is 0 Å². The Morgan fingerprint density at radius 3 is 2.76 bits per heavy atom. The van der Waals surface area contributed by atoms with Crippen LogP contribution in [0.4, 0.5) is 10.6 Å². The minimum atomic E-state index is -0.845. The second-order valence-electron chi connectivity index (χ2n) is 9.89. The van der Waals surface area contributed by atoms with Crippen LogP contribution in [-0.2, 0) is 16.1 Å². The molecule has 5 N–H and O–H groups in total. The summed E-state index contributed by atoms with van der Waals surface area (Å²) in [4.78, 5) is 40.8. The van der Waals surface area contributed by atoms with Crippen LogP contribution >= 0.6 is 27.7 Å². The Morgan fingerprint density at radius 2 is 2.00 bits per heavy atom. The van der Waals surface area contributed by atoms with Crippen molar-refractivity contribution in [3.63, 3.8) is 0 Å². The normalized spacial score (nSPS) is 15.7. The first-order valence-electron chi connectivity index (χ1n) is 13.5. The van der Waals surface area contributed by atoms with Crippen molar-refractivity contribution in [1.29, 1.82) is 0 Å². The summed E-state index contributed by atoms with van der Waals surface area (Å²) in [5.74, 6) is 1.93. The number of hydrogen-bond donors (Lipinski definition) is 3. The van der Waals surface area contributed by atoms with Gasteiger partial charge in [0.15, 0.2) is 39.7 Å². The molecule has 0 aliphatic carbocycles. The van der Waals surface area contributed by atoms with Gasteiger partial charge in [0.2, 0.25) is 6.79 Å². The molecule has 2 aliphatic rings. The molecule has 15 heteroatoms. The summed E-state index contributed by atoms with van der Waals surface area (Å²) in [6.45, 7) is 4.59. The molecular weight excluding hydrogens is 616 g/mol. The van der Waals surface area contributed by atoms with Crippen molar-refractivity contribution in [3.05, 3.63) is 22.9 Å². The zero-order valence-electron chi connectivity index (χ0n) is 22.7. The molecular formula is C26H33BrN8O5S. The van der Waals surface area contributed by atoms with E-state index in [-0.39, 0.29) is 12.7 Å². The quantitative estimate of drug-likeness (QED) is 0.276. The van der Waals surface area contributed by atoms with Gasteiger partial charge in [0, 0.05) is 35.5 Å². The number of carbonyl (C=O) groups is 2. The number of nitrogens with two attached hydrogens (primary N) is 2. The number of anilines is 1. The summed E-state index contributed by atoms with van der Waals surface area (Å²) >= 11 is 5.12. The Hall–Kier alpha value is -3.30. The number of halogens is 1. The van der Waals surface area contributed by atoms with Crippen LogP contribution in [0.25, 0.3) is 11.2 Å². The average molecular weight is 650 g/mol. The molecule has 0 unspecified atom stereocenters. The van der Waals surface area contributed by atoms with Crippen molar-refractivity contribution >= 4 is 56.7 Å². The second-order valence-corrected chi connectivity index (χ2v) is 11.8. The first-order valence-corrected chi connectivity index (χ1v) is 15.1. The van der Waals surface area contributed by atoms with Gasteiger partial charge < -0.3 is 40.5 Å². The Balaban J connectivity index is 1.21. The minimum absolute atomic E-state index is 0.182. The fourth-order valence-corrected chi connectivity index (χ4v) is 6.35. The van der Waals surface area contributed by atoms with Gasteiger partial charge in [-0.1, -0.05) is 11.8 Å². The highest BCUT2D eigenvalue weighted by molar-refractivity contribution is 9.10. The molecule has 1 saturated heterocycles. The SMILES string of the molecule is C[C@H](OC(=O)NCCCN)C(=O)N1CCC(CCn2c(Sc3cc4c(cc3Br)OCO4)nc3c(N)ncnc32)CC1. The molecule has 0 bridgehead atoms. The van der Waals surface area contributed by atoms with Gasteiger partial charge >= 0.3 is 6.09 Å². The number of aromatic nitrogens is 4. The molecule has 1 aromatic carbocycles. The summed E-state index contributed by atoms with van der Waals surface area (Å²) in [5, 5.41) is 3.35. The van der Waals surface area contributed by atoms with Crippen LogP contribution in [0.2, 0.25) is 0 Å². The number of amides is 2. The topological polar surface area (TPSA) is 173 Å². The monoisotopic (exact) mass is 648 g/mol. The molecule has 4 heterocycles. The number of aryl methyl sites for hydroxylation is 1. The summed E-state index contributed by atoms with van der Waals surface area (Å²) in [6, 6.07) is 3.82.